The molecule has 0 atom stereocenters. The molecule has 3 N–H and O–H groups in total. The number of primary amides is 1. The van der Waals surface area contributed by atoms with Crippen molar-refractivity contribution < 1.29 is 17.9 Å². The molecule has 2 aromatic rings. The third-order valence-corrected chi connectivity index (χ3v) is 4.77. The lowest BCUT2D eigenvalue weighted by molar-refractivity contribution is 0.100. The van der Waals surface area contributed by atoms with Gasteiger partial charge in [-0.25, -0.2) is 8.42 Å². The van der Waals surface area contributed by atoms with Gasteiger partial charge in [0.15, 0.2) is 0 Å². The molecule has 0 radical (unpaired) electrons. The summed E-state index contributed by atoms with van der Waals surface area (Å²) in [5.74, 6) is 0.165. The van der Waals surface area contributed by atoms with Gasteiger partial charge in [-0.1, -0.05) is 0 Å². The zero-order valence-corrected chi connectivity index (χ0v) is 12.4. The van der Waals surface area contributed by atoms with Gasteiger partial charge in [-0.15, -0.1) is 0 Å². The molecule has 1 aliphatic heterocycles. The minimum absolute atomic E-state index is 0.177. The molecule has 1 aliphatic rings. The number of carbonyl (C=O) groups excluding carboxylic acids is 1. The first-order chi connectivity index (χ1) is 10.5. The van der Waals surface area contributed by atoms with E-state index in [0.29, 0.717) is 24.3 Å². The highest BCUT2D eigenvalue weighted by molar-refractivity contribution is 7.92. The Bertz CT molecular complexity index is 829. The lowest BCUT2D eigenvalue weighted by Gasteiger charge is -2.09. The van der Waals surface area contributed by atoms with Gasteiger partial charge in [0.1, 0.15) is 5.75 Å². The Morgan fingerprint density at radius 1 is 1.14 bits per heavy atom. The van der Waals surface area contributed by atoms with E-state index in [1.165, 1.54) is 30.3 Å². The number of carbonyl (C=O) groups is 1. The molecule has 0 fully saturated rings. The summed E-state index contributed by atoms with van der Waals surface area (Å²) >= 11 is 0. The number of fused-ring (bicyclic) bond motifs is 1. The standard InChI is InChI=1S/C15H14N2O4S/c16-15(18)10-1-3-12(4-2-10)17-22(19,20)13-5-6-14-11(9-13)7-8-21-14/h1-6,9,17H,7-8H2,(H2,16,18). The molecule has 0 saturated carbocycles. The third kappa shape index (κ3) is 2.75. The van der Waals surface area contributed by atoms with Crippen LogP contribution in [0.15, 0.2) is 47.4 Å². The van der Waals surface area contributed by atoms with Crippen LogP contribution in [0.1, 0.15) is 15.9 Å². The Morgan fingerprint density at radius 3 is 2.55 bits per heavy atom. The second-order valence-corrected chi connectivity index (χ2v) is 6.60. The van der Waals surface area contributed by atoms with Crippen LogP contribution in [0.2, 0.25) is 0 Å². The number of hydrogen-bond acceptors (Lipinski definition) is 4. The Labute approximate surface area is 128 Å². The van der Waals surface area contributed by atoms with Gasteiger partial charge >= 0.3 is 0 Å². The fraction of sp³-hybridized carbons (Fsp3) is 0.133. The summed E-state index contributed by atoms with van der Waals surface area (Å²) in [5, 5.41) is 0. The summed E-state index contributed by atoms with van der Waals surface area (Å²) in [6.07, 6.45) is 0.700. The average molecular weight is 318 g/mol. The monoisotopic (exact) mass is 318 g/mol. The SMILES string of the molecule is NC(=O)c1ccc(NS(=O)(=O)c2ccc3c(c2)CCO3)cc1. The Balaban J connectivity index is 1.85. The summed E-state index contributed by atoms with van der Waals surface area (Å²) in [5.41, 5.74) is 6.71. The van der Waals surface area contributed by atoms with Crippen molar-refractivity contribution in [2.24, 2.45) is 5.73 Å². The molecule has 0 aromatic heterocycles. The maximum atomic E-state index is 12.4. The Kier molecular flexibility index (Phi) is 3.50. The van der Waals surface area contributed by atoms with Crippen molar-refractivity contribution in [3.8, 4) is 5.75 Å². The first kappa shape index (κ1) is 14.4. The maximum Gasteiger partial charge on any atom is 0.261 e. The molecule has 114 valence electrons. The first-order valence-corrected chi connectivity index (χ1v) is 8.12. The van der Waals surface area contributed by atoms with Gasteiger partial charge in [0.25, 0.3) is 10.0 Å². The summed E-state index contributed by atoms with van der Waals surface area (Å²) < 4.78 is 32.6. The Morgan fingerprint density at radius 2 is 1.86 bits per heavy atom. The van der Waals surface area contributed by atoms with Crippen molar-refractivity contribution in [2.45, 2.75) is 11.3 Å². The number of nitrogens with two attached hydrogens (primary N) is 1. The van der Waals surface area contributed by atoms with E-state index < -0.39 is 15.9 Å². The van der Waals surface area contributed by atoms with Crippen LogP contribution < -0.4 is 15.2 Å². The fourth-order valence-corrected chi connectivity index (χ4v) is 3.36. The molecule has 22 heavy (non-hydrogen) atoms. The van der Waals surface area contributed by atoms with Crippen LogP contribution in [-0.2, 0) is 16.4 Å². The molecule has 1 heterocycles. The van der Waals surface area contributed by atoms with Crippen LogP contribution >= 0.6 is 0 Å². The van der Waals surface area contributed by atoms with Gasteiger partial charge in [0, 0.05) is 17.7 Å². The quantitative estimate of drug-likeness (QED) is 0.893. The number of rotatable bonds is 4. The van der Waals surface area contributed by atoms with Crippen molar-refractivity contribution in [3.63, 3.8) is 0 Å². The van der Waals surface area contributed by atoms with Gasteiger partial charge < -0.3 is 10.5 Å². The highest BCUT2D eigenvalue weighted by Gasteiger charge is 2.19. The summed E-state index contributed by atoms with van der Waals surface area (Å²) in [7, 11) is -3.69. The van der Waals surface area contributed by atoms with E-state index in [4.69, 9.17) is 10.5 Å². The maximum absolute atomic E-state index is 12.4. The normalized spacial score (nSPS) is 13.3. The first-order valence-electron chi connectivity index (χ1n) is 6.64. The van der Waals surface area contributed by atoms with Gasteiger partial charge in [-0.3, -0.25) is 9.52 Å². The fourth-order valence-electron chi connectivity index (χ4n) is 2.25. The van der Waals surface area contributed by atoms with E-state index in [9.17, 15) is 13.2 Å². The van der Waals surface area contributed by atoms with Gasteiger partial charge in [0.05, 0.1) is 11.5 Å². The van der Waals surface area contributed by atoms with Crippen LogP contribution in [-0.4, -0.2) is 20.9 Å². The smallest absolute Gasteiger partial charge is 0.261 e. The zero-order valence-electron chi connectivity index (χ0n) is 11.6. The summed E-state index contributed by atoms with van der Waals surface area (Å²) in [4.78, 5) is 11.2. The minimum Gasteiger partial charge on any atom is -0.493 e. The molecule has 6 nitrogen and oxygen atoms in total. The van der Waals surface area contributed by atoms with Crippen LogP contribution in [0, 0.1) is 0 Å². The van der Waals surface area contributed by atoms with E-state index in [1.54, 1.807) is 12.1 Å². The largest absolute Gasteiger partial charge is 0.493 e. The predicted molar refractivity (Wildman–Crippen MR) is 81.4 cm³/mol. The van der Waals surface area contributed by atoms with Crippen molar-refractivity contribution in [1.82, 2.24) is 0 Å². The number of nitrogens with one attached hydrogen (secondary N) is 1. The lowest BCUT2D eigenvalue weighted by Crippen LogP contribution is -2.14. The number of hydrogen-bond donors (Lipinski definition) is 2. The minimum atomic E-state index is -3.69. The van der Waals surface area contributed by atoms with Gasteiger partial charge in [-0.2, -0.15) is 0 Å². The van der Waals surface area contributed by atoms with Crippen LogP contribution in [0.4, 0.5) is 5.69 Å². The van der Waals surface area contributed by atoms with Crippen LogP contribution in [0.3, 0.4) is 0 Å². The number of amides is 1. The average Bonchev–Trinajstić information content (AvgIpc) is 2.94. The van der Waals surface area contributed by atoms with E-state index in [1.807, 2.05) is 0 Å². The van der Waals surface area contributed by atoms with E-state index in [0.717, 1.165) is 11.3 Å². The Hall–Kier alpha value is -2.54. The van der Waals surface area contributed by atoms with Crippen molar-refractivity contribution in [3.05, 3.63) is 53.6 Å². The predicted octanol–water partition coefficient (Wildman–Crippen LogP) is 1.52. The molecule has 2 aromatic carbocycles. The highest BCUT2D eigenvalue weighted by Crippen LogP contribution is 2.28. The zero-order chi connectivity index (χ0) is 15.7. The van der Waals surface area contributed by atoms with Crippen LogP contribution in [0.5, 0.6) is 5.75 Å². The van der Waals surface area contributed by atoms with Gasteiger partial charge in [-0.05, 0) is 48.0 Å². The molecule has 7 heteroatoms. The molecule has 1 amide bonds. The van der Waals surface area contributed by atoms with E-state index in [2.05, 4.69) is 4.72 Å². The number of sulfonamides is 1. The topological polar surface area (TPSA) is 98.5 Å². The van der Waals surface area contributed by atoms with Crippen LogP contribution in [0.25, 0.3) is 0 Å². The van der Waals surface area contributed by atoms with E-state index in [-0.39, 0.29) is 4.90 Å². The van der Waals surface area contributed by atoms with E-state index >= 15 is 0 Å². The third-order valence-electron chi connectivity index (χ3n) is 3.39. The lowest BCUT2D eigenvalue weighted by atomic mass is 10.2. The number of ether oxygens (including phenoxy) is 1. The summed E-state index contributed by atoms with van der Waals surface area (Å²) in [6.45, 7) is 0.570. The molecule has 0 bridgehead atoms. The highest BCUT2D eigenvalue weighted by atomic mass is 32.2. The second-order valence-electron chi connectivity index (χ2n) is 4.92. The molecule has 0 saturated heterocycles. The molecular formula is C15H14N2O4S. The van der Waals surface area contributed by atoms with Crippen molar-refractivity contribution >= 4 is 21.6 Å². The number of anilines is 1. The summed E-state index contributed by atoms with van der Waals surface area (Å²) in [6, 6.07) is 10.7. The van der Waals surface area contributed by atoms with Gasteiger partial charge in [0.2, 0.25) is 5.91 Å². The molecule has 0 unspecified atom stereocenters. The second kappa shape index (κ2) is 5.34. The van der Waals surface area contributed by atoms with Crippen molar-refractivity contribution in [1.29, 1.82) is 0 Å². The molecule has 0 spiro atoms. The molecule has 3 rings (SSSR count). The molecular weight excluding hydrogens is 304 g/mol. The molecule has 0 aliphatic carbocycles. The van der Waals surface area contributed by atoms with Crippen molar-refractivity contribution in [2.75, 3.05) is 11.3 Å². The number of benzene rings is 2.